The van der Waals surface area contributed by atoms with Gasteiger partial charge in [0.05, 0.1) is 0 Å². The first-order chi connectivity index (χ1) is 19.2. The Morgan fingerprint density at radius 3 is 2.50 bits per heavy atom. The molecular weight excluding hydrogens is 498 g/mol. The van der Waals surface area contributed by atoms with Gasteiger partial charge in [-0.1, -0.05) is 32.4 Å². The van der Waals surface area contributed by atoms with E-state index in [0.717, 1.165) is 83.9 Å². The average Bonchev–Trinajstić information content (AvgIpc) is 2.95. The first kappa shape index (κ1) is 29.3. The minimum Gasteiger partial charge on any atom is -0.354 e. The van der Waals surface area contributed by atoms with Crippen LogP contribution in [0.5, 0.6) is 0 Å². The lowest BCUT2D eigenvalue weighted by atomic mass is 9.90. The first-order valence-corrected chi connectivity index (χ1v) is 14.4. The van der Waals surface area contributed by atoms with Crippen molar-refractivity contribution in [3.05, 3.63) is 86.5 Å². The number of anilines is 1. The Hall–Kier alpha value is -3.71. The Morgan fingerprint density at radius 1 is 1.10 bits per heavy atom. The van der Waals surface area contributed by atoms with E-state index in [0.29, 0.717) is 17.0 Å². The number of benzene rings is 1. The molecule has 7 nitrogen and oxygen atoms in total. The number of aromatic amines is 1. The van der Waals surface area contributed by atoms with Crippen LogP contribution in [0, 0.1) is 26.7 Å². The number of hydrogen-bond donors (Lipinski definition) is 3. The van der Waals surface area contributed by atoms with E-state index >= 15 is 0 Å². The zero-order valence-corrected chi connectivity index (χ0v) is 24.8. The number of aryl methyl sites for hydroxylation is 3. The van der Waals surface area contributed by atoms with Crippen molar-refractivity contribution in [2.24, 2.45) is 5.92 Å². The number of rotatable bonds is 9. The van der Waals surface area contributed by atoms with Gasteiger partial charge in [0.25, 0.3) is 11.5 Å². The molecule has 0 aliphatic carbocycles. The van der Waals surface area contributed by atoms with E-state index < -0.39 is 0 Å². The molecule has 1 aliphatic heterocycles. The standard InChI is InChI=1S/C33H43N5O2/c1-7-21(2)8-9-22(3)31-24(5)17-27(26-10-11-30(35-19-26)38-14-12-34-13-15-38)18-28(31)32(39)36-20-29-23(4)16-25(6)37-33(29)40/h9-11,16-19,21,34H,7-8,12-15,20H2,1-6H3,(H,36,39)(H,37,40)/b22-9-/t21-/m0/s1. The highest BCUT2D eigenvalue weighted by Crippen LogP contribution is 2.31. The van der Waals surface area contributed by atoms with Crippen molar-refractivity contribution in [2.45, 2.75) is 60.9 Å². The molecule has 0 saturated carbocycles. The number of H-pyrrole nitrogens is 1. The van der Waals surface area contributed by atoms with E-state index in [9.17, 15) is 9.59 Å². The molecule has 1 aliphatic rings. The van der Waals surface area contributed by atoms with Crippen LogP contribution in [0.4, 0.5) is 5.82 Å². The predicted octanol–water partition coefficient (Wildman–Crippen LogP) is 5.54. The predicted molar refractivity (Wildman–Crippen MR) is 165 cm³/mol. The number of nitrogens with one attached hydrogen (secondary N) is 3. The van der Waals surface area contributed by atoms with Crippen molar-refractivity contribution in [2.75, 3.05) is 31.1 Å². The molecular formula is C33H43N5O2. The number of piperazine rings is 1. The Morgan fingerprint density at radius 2 is 1.85 bits per heavy atom. The molecule has 0 spiro atoms. The highest BCUT2D eigenvalue weighted by atomic mass is 16.1. The number of carbonyl (C=O) groups is 1. The summed E-state index contributed by atoms with van der Waals surface area (Å²) < 4.78 is 0. The lowest BCUT2D eigenvalue weighted by Crippen LogP contribution is -2.43. The highest BCUT2D eigenvalue weighted by Gasteiger charge is 2.19. The Bertz CT molecular complexity index is 1430. The van der Waals surface area contributed by atoms with E-state index in [-0.39, 0.29) is 18.0 Å². The van der Waals surface area contributed by atoms with Crippen LogP contribution in [-0.2, 0) is 6.54 Å². The molecule has 2 aromatic heterocycles. The van der Waals surface area contributed by atoms with Gasteiger partial charge in [0.2, 0.25) is 0 Å². The number of nitrogens with zero attached hydrogens (tertiary/aromatic N) is 2. The van der Waals surface area contributed by atoms with Crippen molar-refractivity contribution in [1.29, 1.82) is 0 Å². The molecule has 0 unspecified atom stereocenters. The maximum atomic E-state index is 13.7. The summed E-state index contributed by atoms with van der Waals surface area (Å²) in [5.41, 5.74) is 7.69. The van der Waals surface area contributed by atoms with Crippen molar-refractivity contribution in [1.82, 2.24) is 20.6 Å². The molecule has 40 heavy (non-hydrogen) atoms. The number of hydrogen-bond acceptors (Lipinski definition) is 5. The van der Waals surface area contributed by atoms with E-state index in [1.807, 2.05) is 32.2 Å². The van der Waals surface area contributed by atoms with Crippen LogP contribution in [-0.4, -0.2) is 42.1 Å². The summed E-state index contributed by atoms with van der Waals surface area (Å²) in [4.78, 5) is 36.2. The van der Waals surface area contributed by atoms with Crippen LogP contribution in [0.3, 0.4) is 0 Å². The molecule has 3 aromatic rings. The van der Waals surface area contributed by atoms with Crippen LogP contribution < -0.4 is 21.1 Å². The fourth-order valence-electron chi connectivity index (χ4n) is 5.31. The van der Waals surface area contributed by atoms with Gasteiger partial charge in [0, 0.05) is 61.3 Å². The van der Waals surface area contributed by atoms with E-state index in [4.69, 9.17) is 4.98 Å². The molecule has 212 valence electrons. The molecule has 1 saturated heterocycles. The van der Waals surface area contributed by atoms with Crippen LogP contribution in [0.25, 0.3) is 16.7 Å². The third kappa shape index (κ3) is 6.89. The van der Waals surface area contributed by atoms with E-state index in [1.165, 1.54) is 0 Å². The third-order valence-electron chi connectivity index (χ3n) is 7.94. The van der Waals surface area contributed by atoms with Crippen LogP contribution in [0.2, 0.25) is 0 Å². The Labute approximate surface area is 238 Å². The number of amides is 1. The van der Waals surface area contributed by atoms with Crippen LogP contribution >= 0.6 is 0 Å². The lowest BCUT2D eigenvalue weighted by Gasteiger charge is -2.28. The van der Waals surface area contributed by atoms with Gasteiger partial charge in [-0.25, -0.2) is 4.98 Å². The fourth-order valence-corrected chi connectivity index (χ4v) is 5.31. The topological polar surface area (TPSA) is 90.1 Å². The zero-order chi connectivity index (χ0) is 28.8. The minimum atomic E-state index is -0.194. The highest BCUT2D eigenvalue weighted by molar-refractivity contribution is 6.01. The third-order valence-corrected chi connectivity index (χ3v) is 7.94. The monoisotopic (exact) mass is 541 g/mol. The normalized spacial score (nSPS) is 14.8. The smallest absolute Gasteiger partial charge is 0.253 e. The quantitative estimate of drug-likeness (QED) is 0.331. The molecule has 7 heteroatoms. The number of pyridine rings is 2. The van der Waals surface area contributed by atoms with Crippen molar-refractivity contribution < 1.29 is 4.79 Å². The van der Waals surface area contributed by atoms with E-state index in [2.05, 4.69) is 72.5 Å². The Kier molecular flexibility index (Phi) is 9.58. The fraction of sp³-hybridized carbons (Fsp3) is 0.424. The zero-order valence-electron chi connectivity index (χ0n) is 24.8. The van der Waals surface area contributed by atoms with Gasteiger partial charge >= 0.3 is 0 Å². The van der Waals surface area contributed by atoms with Gasteiger partial charge in [0.15, 0.2) is 0 Å². The van der Waals surface area contributed by atoms with Crippen molar-refractivity contribution in [3.8, 4) is 11.1 Å². The SMILES string of the molecule is CC[C@H](C)C/C=C(/C)c1c(C)cc(-c2ccc(N3CCNCC3)nc2)cc1C(=O)NCc1c(C)cc(C)[nH]c1=O. The second kappa shape index (κ2) is 13.1. The summed E-state index contributed by atoms with van der Waals surface area (Å²) in [5.74, 6) is 1.35. The molecule has 3 N–H and O–H groups in total. The number of carbonyl (C=O) groups excluding carboxylic acids is 1. The number of aromatic nitrogens is 2. The summed E-state index contributed by atoms with van der Waals surface area (Å²) in [5, 5.41) is 6.41. The van der Waals surface area contributed by atoms with Crippen LogP contribution in [0.15, 0.2) is 47.4 Å². The molecule has 3 heterocycles. The van der Waals surface area contributed by atoms with Gasteiger partial charge in [-0.15, -0.1) is 0 Å². The minimum absolute atomic E-state index is 0.164. The van der Waals surface area contributed by atoms with Crippen LogP contribution in [0.1, 0.15) is 71.9 Å². The molecule has 1 amide bonds. The van der Waals surface area contributed by atoms with Gasteiger partial charge < -0.3 is 20.5 Å². The van der Waals surface area contributed by atoms with Crippen molar-refractivity contribution in [3.63, 3.8) is 0 Å². The van der Waals surface area contributed by atoms with Gasteiger partial charge in [0.1, 0.15) is 5.82 Å². The summed E-state index contributed by atoms with van der Waals surface area (Å²) in [6.07, 6.45) is 6.20. The molecule has 1 aromatic carbocycles. The van der Waals surface area contributed by atoms with E-state index in [1.54, 1.807) is 0 Å². The molecule has 1 fully saturated rings. The summed E-state index contributed by atoms with van der Waals surface area (Å²) in [6, 6.07) is 10.2. The lowest BCUT2D eigenvalue weighted by molar-refractivity contribution is 0.0950. The molecule has 0 bridgehead atoms. The summed E-state index contributed by atoms with van der Waals surface area (Å²) in [7, 11) is 0. The largest absolute Gasteiger partial charge is 0.354 e. The van der Waals surface area contributed by atoms with Gasteiger partial charge in [-0.2, -0.15) is 0 Å². The molecule has 1 atom stereocenters. The summed E-state index contributed by atoms with van der Waals surface area (Å²) in [6.45, 7) is 16.3. The van der Waals surface area contributed by atoms with Gasteiger partial charge in [-0.3, -0.25) is 9.59 Å². The summed E-state index contributed by atoms with van der Waals surface area (Å²) >= 11 is 0. The first-order valence-electron chi connectivity index (χ1n) is 14.4. The Balaban J connectivity index is 1.69. The maximum absolute atomic E-state index is 13.7. The van der Waals surface area contributed by atoms with Gasteiger partial charge in [-0.05, 0) is 92.1 Å². The second-order valence-electron chi connectivity index (χ2n) is 11.1. The van der Waals surface area contributed by atoms with Crippen molar-refractivity contribution >= 4 is 17.3 Å². The maximum Gasteiger partial charge on any atom is 0.253 e. The molecule has 0 radical (unpaired) electrons. The molecule has 4 rings (SSSR count). The number of allylic oxidation sites excluding steroid dienone is 2. The average molecular weight is 542 g/mol. The second-order valence-corrected chi connectivity index (χ2v) is 11.1.